The van der Waals surface area contributed by atoms with Crippen LogP contribution >= 0.6 is 0 Å². The van der Waals surface area contributed by atoms with Gasteiger partial charge in [0.05, 0.1) is 23.3 Å². The molecule has 5 rings (SSSR count). The summed E-state index contributed by atoms with van der Waals surface area (Å²) in [6.07, 6.45) is 5.63. The lowest BCUT2D eigenvalue weighted by molar-refractivity contribution is 0.262. The van der Waals surface area contributed by atoms with E-state index in [1.165, 1.54) is 0 Å². The summed E-state index contributed by atoms with van der Waals surface area (Å²) in [5.74, 6) is 0.639. The first kappa shape index (κ1) is 22.3. The fraction of sp³-hybridized carbons (Fsp3) is 0.185. The summed E-state index contributed by atoms with van der Waals surface area (Å²) in [5, 5.41) is 10.2. The van der Waals surface area contributed by atoms with Crippen molar-refractivity contribution in [3.63, 3.8) is 0 Å². The molecule has 0 aliphatic carbocycles. The number of aryl methyl sites for hydroxylation is 1. The molecule has 0 aliphatic rings. The van der Waals surface area contributed by atoms with Crippen LogP contribution in [0.4, 0.5) is 16.3 Å². The molecule has 4 heterocycles. The van der Waals surface area contributed by atoms with Crippen molar-refractivity contribution in [3.8, 4) is 22.5 Å². The summed E-state index contributed by atoms with van der Waals surface area (Å²) in [4.78, 5) is 21.5. The van der Waals surface area contributed by atoms with Crippen LogP contribution in [0.1, 0.15) is 26.5 Å². The van der Waals surface area contributed by atoms with E-state index in [4.69, 9.17) is 0 Å². The third-order valence-electron chi connectivity index (χ3n) is 5.80. The van der Waals surface area contributed by atoms with E-state index >= 15 is 0 Å². The SMILES string of the molecule is Cn1nc(C(C)(C)C)cc1NC(=O)Nc1ccc(-c2cnc3cc(-c4ccccn4)ccn23)cc1. The van der Waals surface area contributed by atoms with Crippen LogP contribution in [0.25, 0.3) is 28.2 Å². The molecule has 0 aliphatic heterocycles. The molecule has 0 fully saturated rings. The Bertz CT molecular complexity index is 1490. The highest BCUT2D eigenvalue weighted by Crippen LogP contribution is 2.26. The monoisotopic (exact) mass is 465 g/mol. The Morgan fingerprint density at radius 1 is 0.914 bits per heavy atom. The van der Waals surface area contributed by atoms with Crippen molar-refractivity contribution in [1.82, 2.24) is 24.1 Å². The molecule has 1 aromatic carbocycles. The minimum absolute atomic E-state index is 0.0954. The Morgan fingerprint density at radius 3 is 2.40 bits per heavy atom. The zero-order valence-corrected chi connectivity index (χ0v) is 20.1. The Hall–Kier alpha value is -4.46. The number of nitrogens with zero attached hydrogens (tertiary/aromatic N) is 5. The number of urea groups is 1. The Kier molecular flexibility index (Phi) is 5.56. The number of imidazole rings is 1. The zero-order chi connectivity index (χ0) is 24.6. The van der Waals surface area contributed by atoms with Gasteiger partial charge in [-0.15, -0.1) is 0 Å². The number of nitrogens with one attached hydrogen (secondary N) is 2. The minimum Gasteiger partial charge on any atom is -0.308 e. The molecule has 8 heteroatoms. The standard InChI is InChI=1S/C27H27N7O/c1-27(2,3)23-16-25(33(4)32-23)31-26(35)30-20-10-8-18(9-11-20)22-17-29-24-15-19(12-14-34(22)24)21-7-5-6-13-28-21/h5-17H,1-4H3,(H2,30,31,35). The van der Waals surface area contributed by atoms with Crippen molar-refractivity contribution in [3.05, 3.63) is 84.9 Å². The number of benzene rings is 1. The Morgan fingerprint density at radius 2 is 1.71 bits per heavy atom. The molecule has 2 N–H and O–H groups in total. The summed E-state index contributed by atoms with van der Waals surface area (Å²) in [5.41, 5.74) is 6.24. The molecule has 0 unspecified atom stereocenters. The van der Waals surface area contributed by atoms with E-state index in [0.717, 1.165) is 33.9 Å². The van der Waals surface area contributed by atoms with Gasteiger partial charge < -0.3 is 5.32 Å². The predicted molar refractivity (Wildman–Crippen MR) is 138 cm³/mol. The fourth-order valence-corrected chi connectivity index (χ4v) is 3.84. The normalized spacial score (nSPS) is 11.5. The van der Waals surface area contributed by atoms with E-state index in [9.17, 15) is 4.79 Å². The van der Waals surface area contributed by atoms with Crippen molar-refractivity contribution >= 4 is 23.2 Å². The highest BCUT2D eigenvalue weighted by Gasteiger charge is 2.19. The largest absolute Gasteiger partial charge is 0.324 e. The van der Waals surface area contributed by atoms with Gasteiger partial charge in [-0.2, -0.15) is 5.10 Å². The van der Waals surface area contributed by atoms with Crippen molar-refractivity contribution in [2.75, 3.05) is 10.6 Å². The molecule has 0 bridgehead atoms. The van der Waals surface area contributed by atoms with Crippen LogP contribution < -0.4 is 10.6 Å². The quantitative estimate of drug-likeness (QED) is 0.354. The van der Waals surface area contributed by atoms with Gasteiger partial charge in [-0.25, -0.2) is 9.78 Å². The third kappa shape index (κ3) is 4.63. The van der Waals surface area contributed by atoms with Crippen molar-refractivity contribution in [1.29, 1.82) is 0 Å². The second-order valence-electron chi connectivity index (χ2n) is 9.45. The van der Waals surface area contributed by atoms with E-state index < -0.39 is 0 Å². The molecule has 176 valence electrons. The van der Waals surface area contributed by atoms with Gasteiger partial charge in [0.15, 0.2) is 0 Å². The maximum atomic E-state index is 12.5. The van der Waals surface area contributed by atoms with Gasteiger partial charge in [0.2, 0.25) is 0 Å². The van der Waals surface area contributed by atoms with Gasteiger partial charge in [-0.1, -0.05) is 39.0 Å². The first-order chi connectivity index (χ1) is 16.8. The predicted octanol–water partition coefficient (Wildman–Crippen LogP) is 5.74. The molecular formula is C27H27N7O. The molecule has 0 spiro atoms. The highest BCUT2D eigenvalue weighted by atomic mass is 16.2. The number of hydrogen-bond acceptors (Lipinski definition) is 4. The van der Waals surface area contributed by atoms with Crippen molar-refractivity contribution in [2.45, 2.75) is 26.2 Å². The number of anilines is 2. The van der Waals surface area contributed by atoms with Crippen LogP contribution in [-0.4, -0.2) is 30.2 Å². The average Bonchev–Trinajstić information content (AvgIpc) is 3.43. The van der Waals surface area contributed by atoms with Crippen LogP contribution in [0, 0.1) is 0 Å². The molecule has 0 atom stereocenters. The maximum Gasteiger partial charge on any atom is 0.324 e. The molecular weight excluding hydrogens is 438 g/mol. The van der Waals surface area contributed by atoms with Crippen molar-refractivity contribution < 1.29 is 4.79 Å². The summed E-state index contributed by atoms with van der Waals surface area (Å²) < 4.78 is 3.71. The van der Waals surface area contributed by atoms with Crippen LogP contribution in [0.3, 0.4) is 0 Å². The number of amides is 2. The minimum atomic E-state index is -0.321. The van der Waals surface area contributed by atoms with Gasteiger partial charge in [-0.05, 0) is 36.4 Å². The summed E-state index contributed by atoms with van der Waals surface area (Å²) in [7, 11) is 1.81. The molecule has 2 amide bonds. The zero-order valence-electron chi connectivity index (χ0n) is 20.1. The van der Waals surface area contributed by atoms with Crippen molar-refractivity contribution in [2.24, 2.45) is 7.05 Å². The lowest BCUT2D eigenvalue weighted by Crippen LogP contribution is -2.20. The van der Waals surface area contributed by atoms with E-state index in [1.54, 1.807) is 10.9 Å². The molecule has 5 aromatic rings. The van der Waals surface area contributed by atoms with Crippen LogP contribution in [0.5, 0.6) is 0 Å². The number of aromatic nitrogens is 5. The van der Waals surface area contributed by atoms with E-state index in [1.807, 2.05) is 84.5 Å². The Labute approximate surface area is 203 Å². The van der Waals surface area contributed by atoms with Crippen LogP contribution in [0.15, 0.2) is 79.3 Å². The van der Waals surface area contributed by atoms with E-state index in [2.05, 4.69) is 46.5 Å². The maximum absolute atomic E-state index is 12.5. The molecule has 0 saturated heterocycles. The van der Waals surface area contributed by atoms with Gasteiger partial charge in [-0.3, -0.25) is 19.4 Å². The molecule has 0 saturated carbocycles. The average molecular weight is 466 g/mol. The van der Waals surface area contributed by atoms with Crippen LogP contribution in [0.2, 0.25) is 0 Å². The number of carbonyl (C=O) groups excluding carboxylic acids is 1. The summed E-state index contributed by atoms with van der Waals surface area (Å²) in [6, 6.07) is 19.2. The first-order valence-corrected chi connectivity index (χ1v) is 11.4. The second kappa shape index (κ2) is 8.72. The smallest absolute Gasteiger partial charge is 0.308 e. The first-order valence-electron chi connectivity index (χ1n) is 11.4. The molecule has 0 radical (unpaired) electrons. The second-order valence-corrected chi connectivity index (χ2v) is 9.45. The summed E-state index contributed by atoms with van der Waals surface area (Å²) >= 11 is 0. The Balaban J connectivity index is 1.30. The lowest BCUT2D eigenvalue weighted by atomic mass is 9.92. The van der Waals surface area contributed by atoms with E-state index in [0.29, 0.717) is 11.5 Å². The number of rotatable bonds is 4. The molecule has 4 aromatic heterocycles. The summed E-state index contributed by atoms with van der Waals surface area (Å²) in [6.45, 7) is 6.26. The van der Waals surface area contributed by atoms with Gasteiger partial charge in [0.1, 0.15) is 11.5 Å². The van der Waals surface area contributed by atoms with Gasteiger partial charge >= 0.3 is 6.03 Å². The highest BCUT2D eigenvalue weighted by molar-refractivity contribution is 5.99. The lowest BCUT2D eigenvalue weighted by Gasteiger charge is -2.13. The number of fused-ring (bicyclic) bond motifs is 1. The number of carbonyl (C=O) groups is 1. The molecule has 35 heavy (non-hydrogen) atoms. The number of hydrogen-bond donors (Lipinski definition) is 2. The fourth-order valence-electron chi connectivity index (χ4n) is 3.84. The van der Waals surface area contributed by atoms with Gasteiger partial charge in [0, 0.05) is 47.7 Å². The topological polar surface area (TPSA) is 89.1 Å². The van der Waals surface area contributed by atoms with Crippen LogP contribution in [-0.2, 0) is 12.5 Å². The molecule has 8 nitrogen and oxygen atoms in total. The van der Waals surface area contributed by atoms with E-state index in [-0.39, 0.29) is 11.4 Å². The third-order valence-corrected chi connectivity index (χ3v) is 5.80. The van der Waals surface area contributed by atoms with Gasteiger partial charge in [0.25, 0.3) is 0 Å². The number of pyridine rings is 2.